The second-order valence-corrected chi connectivity index (χ2v) is 4.41. The Kier molecular flexibility index (Phi) is 3.34. The summed E-state index contributed by atoms with van der Waals surface area (Å²) >= 11 is 0. The van der Waals surface area contributed by atoms with Crippen molar-refractivity contribution in [2.75, 3.05) is 0 Å². The molecule has 1 aliphatic rings. The van der Waals surface area contributed by atoms with E-state index in [4.69, 9.17) is 4.74 Å². The smallest absolute Gasteiger partial charge is 0.306 e. The quantitative estimate of drug-likeness (QED) is 0.630. The van der Waals surface area contributed by atoms with Crippen molar-refractivity contribution in [1.29, 1.82) is 0 Å². The minimum atomic E-state index is -0.246. The third kappa shape index (κ3) is 2.71. The second-order valence-electron chi connectivity index (χ2n) is 4.41. The molecule has 2 nitrogen and oxygen atoms in total. The lowest BCUT2D eigenvalue weighted by Crippen LogP contribution is -2.35. The average Bonchev–Trinajstić information content (AvgIpc) is 2.55. The predicted molar refractivity (Wildman–Crippen MR) is 52.4 cm³/mol. The van der Waals surface area contributed by atoms with Crippen LogP contribution in [-0.2, 0) is 9.53 Å². The van der Waals surface area contributed by atoms with Crippen LogP contribution in [0.3, 0.4) is 0 Å². The first-order valence-corrected chi connectivity index (χ1v) is 5.28. The molecular formula is C11H20O2. The molecule has 0 saturated heterocycles. The number of carbonyl (C=O) groups excluding carboxylic acids is 1. The Bertz CT molecular complexity index is 179. The van der Waals surface area contributed by atoms with Gasteiger partial charge in [-0.05, 0) is 32.6 Å². The van der Waals surface area contributed by atoms with Crippen LogP contribution in [0.15, 0.2) is 0 Å². The summed E-state index contributed by atoms with van der Waals surface area (Å²) in [5, 5.41) is 0. The van der Waals surface area contributed by atoms with E-state index in [0.717, 1.165) is 0 Å². The Labute approximate surface area is 80.7 Å². The largest absolute Gasteiger partial charge is 0.459 e. The van der Waals surface area contributed by atoms with Gasteiger partial charge in [0.1, 0.15) is 5.60 Å². The molecular weight excluding hydrogens is 164 g/mol. The van der Waals surface area contributed by atoms with Crippen molar-refractivity contribution >= 4 is 5.97 Å². The van der Waals surface area contributed by atoms with Gasteiger partial charge >= 0.3 is 5.97 Å². The van der Waals surface area contributed by atoms with Gasteiger partial charge in [0.25, 0.3) is 0 Å². The number of hydrogen-bond acceptors (Lipinski definition) is 2. The molecule has 0 bridgehead atoms. The molecule has 1 aliphatic carbocycles. The molecule has 0 aromatic carbocycles. The summed E-state index contributed by atoms with van der Waals surface area (Å²) in [6.07, 6.45) is 5.49. The monoisotopic (exact) mass is 184 g/mol. The van der Waals surface area contributed by atoms with Crippen molar-refractivity contribution in [2.45, 2.75) is 58.5 Å². The van der Waals surface area contributed by atoms with E-state index in [1.54, 1.807) is 0 Å². The fourth-order valence-electron chi connectivity index (χ4n) is 2.07. The van der Waals surface area contributed by atoms with E-state index in [9.17, 15) is 4.79 Å². The van der Waals surface area contributed by atoms with Gasteiger partial charge in [-0.25, -0.2) is 0 Å². The number of esters is 1. The zero-order valence-corrected chi connectivity index (χ0v) is 8.93. The highest BCUT2D eigenvalue weighted by Crippen LogP contribution is 2.36. The summed E-state index contributed by atoms with van der Waals surface area (Å²) in [5.74, 6) is 0.500. The summed E-state index contributed by atoms with van der Waals surface area (Å²) in [4.78, 5) is 11.2. The third-order valence-corrected chi connectivity index (χ3v) is 3.00. The van der Waals surface area contributed by atoms with E-state index < -0.39 is 0 Å². The van der Waals surface area contributed by atoms with Gasteiger partial charge < -0.3 is 4.74 Å². The first kappa shape index (κ1) is 10.6. The summed E-state index contributed by atoms with van der Waals surface area (Å²) in [6, 6.07) is 0. The SMILES string of the molecule is CCC(=O)OC(C)(C)C1CCCC1. The summed E-state index contributed by atoms with van der Waals surface area (Å²) in [6.45, 7) is 5.92. The van der Waals surface area contributed by atoms with Crippen LogP contribution >= 0.6 is 0 Å². The van der Waals surface area contributed by atoms with Crippen LogP contribution in [0, 0.1) is 5.92 Å². The summed E-state index contributed by atoms with van der Waals surface area (Å²) in [7, 11) is 0. The first-order chi connectivity index (χ1) is 6.06. The molecule has 1 rings (SSSR count). The molecule has 0 aromatic heterocycles. The molecule has 0 amide bonds. The van der Waals surface area contributed by atoms with Gasteiger partial charge in [0.2, 0.25) is 0 Å². The van der Waals surface area contributed by atoms with E-state index in [0.29, 0.717) is 12.3 Å². The Hall–Kier alpha value is -0.530. The average molecular weight is 184 g/mol. The van der Waals surface area contributed by atoms with Crippen molar-refractivity contribution in [3.63, 3.8) is 0 Å². The number of carbonyl (C=O) groups is 1. The Morgan fingerprint density at radius 3 is 2.38 bits per heavy atom. The Morgan fingerprint density at radius 1 is 1.38 bits per heavy atom. The maximum absolute atomic E-state index is 11.2. The van der Waals surface area contributed by atoms with E-state index in [1.165, 1.54) is 25.7 Å². The lowest BCUT2D eigenvalue weighted by molar-refractivity contribution is -0.161. The second kappa shape index (κ2) is 4.12. The van der Waals surface area contributed by atoms with Crippen LogP contribution in [0.5, 0.6) is 0 Å². The van der Waals surface area contributed by atoms with Crippen molar-refractivity contribution < 1.29 is 9.53 Å². The van der Waals surface area contributed by atoms with Gasteiger partial charge in [0.15, 0.2) is 0 Å². The normalized spacial score (nSPS) is 19.0. The predicted octanol–water partition coefficient (Wildman–Crippen LogP) is 2.91. The minimum absolute atomic E-state index is 0.0723. The highest BCUT2D eigenvalue weighted by Gasteiger charge is 2.34. The Balaban J connectivity index is 2.48. The van der Waals surface area contributed by atoms with Gasteiger partial charge in [-0.1, -0.05) is 19.8 Å². The standard InChI is InChI=1S/C11H20O2/c1-4-10(12)13-11(2,3)9-7-5-6-8-9/h9H,4-8H2,1-3H3. The zero-order chi connectivity index (χ0) is 9.90. The zero-order valence-electron chi connectivity index (χ0n) is 8.93. The molecule has 2 heteroatoms. The fraction of sp³-hybridized carbons (Fsp3) is 0.909. The molecule has 1 saturated carbocycles. The molecule has 0 atom stereocenters. The van der Waals surface area contributed by atoms with Crippen molar-refractivity contribution in [2.24, 2.45) is 5.92 Å². The van der Waals surface area contributed by atoms with Crippen molar-refractivity contribution in [3.05, 3.63) is 0 Å². The van der Waals surface area contributed by atoms with Gasteiger partial charge in [-0.2, -0.15) is 0 Å². The van der Waals surface area contributed by atoms with Crippen molar-refractivity contribution in [1.82, 2.24) is 0 Å². The molecule has 1 fully saturated rings. The molecule has 0 radical (unpaired) electrons. The van der Waals surface area contributed by atoms with Gasteiger partial charge in [-0.15, -0.1) is 0 Å². The highest BCUT2D eigenvalue weighted by molar-refractivity contribution is 5.69. The fourth-order valence-corrected chi connectivity index (χ4v) is 2.07. The molecule has 0 heterocycles. The molecule has 76 valence electrons. The van der Waals surface area contributed by atoms with Gasteiger partial charge in [0, 0.05) is 6.42 Å². The van der Waals surface area contributed by atoms with Crippen LogP contribution in [0.25, 0.3) is 0 Å². The number of ether oxygens (including phenoxy) is 1. The minimum Gasteiger partial charge on any atom is -0.459 e. The van der Waals surface area contributed by atoms with Crippen molar-refractivity contribution in [3.8, 4) is 0 Å². The lowest BCUT2D eigenvalue weighted by atomic mass is 9.89. The molecule has 0 unspecified atom stereocenters. The van der Waals surface area contributed by atoms with Crippen LogP contribution in [0.2, 0.25) is 0 Å². The maximum atomic E-state index is 11.2. The van der Waals surface area contributed by atoms with E-state index in [1.807, 2.05) is 20.8 Å². The molecule has 0 aromatic rings. The topological polar surface area (TPSA) is 26.3 Å². The molecule has 0 spiro atoms. The van der Waals surface area contributed by atoms with Crippen LogP contribution in [0.1, 0.15) is 52.9 Å². The molecule has 0 aliphatic heterocycles. The van der Waals surface area contributed by atoms with E-state index >= 15 is 0 Å². The van der Waals surface area contributed by atoms with E-state index in [-0.39, 0.29) is 11.6 Å². The lowest BCUT2D eigenvalue weighted by Gasteiger charge is -2.31. The first-order valence-electron chi connectivity index (χ1n) is 5.28. The number of hydrogen-bond donors (Lipinski definition) is 0. The van der Waals surface area contributed by atoms with E-state index in [2.05, 4.69) is 0 Å². The molecule has 0 N–H and O–H groups in total. The van der Waals surface area contributed by atoms with Gasteiger partial charge in [-0.3, -0.25) is 4.79 Å². The summed E-state index contributed by atoms with van der Waals surface area (Å²) < 4.78 is 5.43. The Morgan fingerprint density at radius 2 is 1.92 bits per heavy atom. The maximum Gasteiger partial charge on any atom is 0.306 e. The van der Waals surface area contributed by atoms with Gasteiger partial charge in [0.05, 0.1) is 0 Å². The van der Waals surface area contributed by atoms with Crippen LogP contribution in [0.4, 0.5) is 0 Å². The van der Waals surface area contributed by atoms with Crippen LogP contribution < -0.4 is 0 Å². The van der Waals surface area contributed by atoms with Crippen LogP contribution in [-0.4, -0.2) is 11.6 Å². The number of rotatable bonds is 3. The summed E-state index contributed by atoms with van der Waals surface area (Å²) in [5.41, 5.74) is -0.246. The molecule has 13 heavy (non-hydrogen) atoms. The highest BCUT2D eigenvalue weighted by atomic mass is 16.6. The third-order valence-electron chi connectivity index (χ3n) is 3.00.